The SMILES string of the molecule is C=C.C=C(CN1CCN(c2ccc(OC)cc2)CC1)/C(C)=C\C(C)=C/C.CNCC1CCCCC1. The number of benzene rings is 1. The molecule has 1 aliphatic carbocycles. The molecule has 0 atom stereocenters. The summed E-state index contributed by atoms with van der Waals surface area (Å²) in [5.74, 6) is 1.90. The highest BCUT2D eigenvalue weighted by atomic mass is 16.5. The molecule has 4 nitrogen and oxygen atoms in total. The summed E-state index contributed by atoms with van der Waals surface area (Å²) in [5, 5.41) is 3.24. The number of rotatable bonds is 8. The predicted molar refractivity (Wildman–Crippen MR) is 156 cm³/mol. The van der Waals surface area contributed by atoms with Crippen LogP contribution in [0.4, 0.5) is 5.69 Å². The van der Waals surface area contributed by atoms with Crippen molar-refractivity contribution in [3.63, 3.8) is 0 Å². The maximum Gasteiger partial charge on any atom is 0.119 e. The lowest BCUT2D eigenvalue weighted by Gasteiger charge is -2.36. The van der Waals surface area contributed by atoms with Crippen LogP contribution >= 0.6 is 0 Å². The van der Waals surface area contributed by atoms with Crippen molar-refractivity contribution in [2.45, 2.75) is 52.9 Å². The minimum atomic E-state index is 0.910. The average Bonchev–Trinajstić information content (AvgIpc) is 2.91. The van der Waals surface area contributed by atoms with Gasteiger partial charge in [0.15, 0.2) is 0 Å². The summed E-state index contributed by atoms with van der Waals surface area (Å²) in [5.41, 5.74) is 5.06. The lowest BCUT2D eigenvalue weighted by molar-refractivity contribution is 0.279. The third-order valence-corrected chi connectivity index (χ3v) is 6.90. The van der Waals surface area contributed by atoms with E-state index in [9.17, 15) is 0 Å². The molecule has 0 bridgehead atoms. The van der Waals surface area contributed by atoms with Crippen LogP contribution in [0.25, 0.3) is 0 Å². The molecule has 1 saturated carbocycles. The second-order valence-corrected chi connectivity index (χ2v) is 9.49. The number of nitrogens with one attached hydrogen (secondary N) is 1. The van der Waals surface area contributed by atoms with Crippen LogP contribution in [-0.4, -0.2) is 58.3 Å². The molecule has 2 fully saturated rings. The van der Waals surface area contributed by atoms with E-state index in [0.29, 0.717) is 0 Å². The second kappa shape index (κ2) is 18.0. The van der Waals surface area contributed by atoms with Crippen LogP contribution in [0.2, 0.25) is 0 Å². The van der Waals surface area contributed by atoms with Crippen LogP contribution in [-0.2, 0) is 0 Å². The van der Waals surface area contributed by atoms with Crippen molar-refractivity contribution in [1.82, 2.24) is 10.2 Å². The Morgan fingerprint density at radius 3 is 2.14 bits per heavy atom. The van der Waals surface area contributed by atoms with Gasteiger partial charge in [0.2, 0.25) is 0 Å². The van der Waals surface area contributed by atoms with Crippen molar-refractivity contribution in [3.05, 3.63) is 72.9 Å². The van der Waals surface area contributed by atoms with E-state index in [-0.39, 0.29) is 0 Å². The Morgan fingerprint density at radius 2 is 1.63 bits per heavy atom. The molecular formula is C31H51N3O. The molecule has 4 heteroatoms. The van der Waals surface area contributed by atoms with Gasteiger partial charge < -0.3 is 15.0 Å². The molecule has 196 valence electrons. The minimum Gasteiger partial charge on any atom is -0.497 e. The summed E-state index contributed by atoms with van der Waals surface area (Å²) >= 11 is 0. The van der Waals surface area contributed by atoms with Crippen LogP contribution in [0.15, 0.2) is 72.9 Å². The standard InChI is InChI=1S/C21H30N2O.C8H17N.C2H4/c1-6-17(2)15-18(3)19(4)16-22-11-13-23(14-12-22)20-7-9-21(24-5)10-8-20;1-9-7-8-5-3-2-4-6-8;1-2/h6-10,15H,4,11-14,16H2,1-3,5H3;8-9H,2-7H2,1H3;1-2H2/b17-6-,18-15-;;. The number of nitrogens with zero attached hydrogens (tertiary/aromatic N) is 2. The van der Waals surface area contributed by atoms with E-state index < -0.39 is 0 Å². The van der Waals surface area contributed by atoms with Crippen LogP contribution < -0.4 is 15.0 Å². The van der Waals surface area contributed by atoms with Gasteiger partial charge in [-0.2, -0.15) is 0 Å². The van der Waals surface area contributed by atoms with Crippen LogP contribution in [0.1, 0.15) is 52.9 Å². The fourth-order valence-corrected chi connectivity index (χ4v) is 4.56. The van der Waals surface area contributed by atoms with E-state index in [2.05, 4.69) is 87.0 Å². The normalized spacial score (nSPS) is 17.6. The lowest BCUT2D eigenvalue weighted by atomic mass is 9.89. The van der Waals surface area contributed by atoms with Gasteiger partial charge in [-0.25, -0.2) is 0 Å². The fraction of sp³-hybridized carbons (Fsp3) is 0.548. The van der Waals surface area contributed by atoms with E-state index in [1.165, 1.54) is 61.1 Å². The van der Waals surface area contributed by atoms with Gasteiger partial charge in [-0.15, -0.1) is 13.2 Å². The van der Waals surface area contributed by atoms with Gasteiger partial charge in [0.25, 0.3) is 0 Å². The van der Waals surface area contributed by atoms with Gasteiger partial charge in [0.1, 0.15) is 5.75 Å². The summed E-state index contributed by atoms with van der Waals surface area (Å²) < 4.78 is 5.23. The first-order chi connectivity index (χ1) is 17.0. The minimum absolute atomic E-state index is 0.910. The van der Waals surface area contributed by atoms with Crippen LogP contribution in [0, 0.1) is 5.92 Å². The summed E-state index contributed by atoms with van der Waals surface area (Å²) in [6, 6.07) is 8.34. The molecule has 0 amide bonds. The van der Waals surface area contributed by atoms with Gasteiger partial charge >= 0.3 is 0 Å². The lowest BCUT2D eigenvalue weighted by Crippen LogP contribution is -2.46. The monoisotopic (exact) mass is 481 g/mol. The molecule has 3 rings (SSSR count). The Kier molecular flexibility index (Phi) is 15.8. The van der Waals surface area contributed by atoms with Crippen molar-refractivity contribution in [2.75, 3.05) is 58.3 Å². The molecule has 1 heterocycles. The van der Waals surface area contributed by atoms with Crippen molar-refractivity contribution in [1.29, 1.82) is 0 Å². The zero-order valence-corrected chi connectivity index (χ0v) is 23.2. The third kappa shape index (κ3) is 11.8. The predicted octanol–water partition coefficient (Wildman–Crippen LogP) is 6.87. The van der Waals surface area contributed by atoms with Crippen molar-refractivity contribution >= 4 is 5.69 Å². The molecule has 1 aromatic carbocycles. The van der Waals surface area contributed by atoms with E-state index >= 15 is 0 Å². The number of methoxy groups -OCH3 is 1. The first-order valence-corrected chi connectivity index (χ1v) is 13.2. The van der Waals surface area contributed by atoms with Crippen molar-refractivity contribution in [2.24, 2.45) is 5.92 Å². The average molecular weight is 482 g/mol. The fourth-order valence-electron chi connectivity index (χ4n) is 4.56. The van der Waals surface area contributed by atoms with Crippen LogP contribution in [0.5, 0.6) is 5.75 Å². The molecule has 0 aromatic heterocycles. The maximum absolute atomic E-state index is 5.23. The van der Waals surface area contributed by atoms with Crippen molar-refractivity contribution in [3.8, 4) is 5.75 Å². The second-order valence-electron chi connectivity index (χ2n) is 9.49. The maximum atomic E-state index is 5.23. The zero-order chi connectivity index (χ0) is 26.1. The van der Waals surface area contributed by atoms with Gasteiger partial charge in [-0.3, -0.25) is 4.90 Å². The van der Waals surface area contributed by atoms with E-state index in [1.54, 1.807) is 7.11 Å². The highest BCUT2D eigenvalue weighted by Gasteiger charge is 2.18. The zero-order valence-electron chi connectivity index (χ0n) is 23.2. The molecule has 0 spiro atoms. The van der Waals surface area contributed by atoms with Gasteiger partial charge in [0, 0.05) is 38.4 Å². The number of anilines is 1. The Labute approximate surface area is 216 Å². The molecule has 1 N–H and O–H groups in total. The first kappa shape index (κ1) is 30.7. The molecule has 1 aliphatic heterocycles. The summed E-state index contributed by atoms with van der Waals surface area (Å²) in [6.07, 6.45) is 11.7. The number of allylic oxidation sites excluding steroid dienone is 3. The first-order valence-electron chi connectivity index (χ1n) is 13.2. The molecule has 1 aromatic rings. The molecule has 35 heavy (non-hydrogen) atoms. The number of hydrogen-bond acceptors (Lipinski definition) is 4. The van der Waals surface area contributed by atoms with E-state index in [1.807, 2.05) is 12.1 Å². The van der Waals surface area contributed by atoms with Crippen LogP contribution in [0.3, 0.4) is 0 Å². The Bertz CT molecular complexity index is 764. The van der Waals surface area contributed by atoms with Gasteiger partial charge in [-0.1, -0.05) is 43.6 Å². The number of piperazine rings is 1. The molecule has 1 saturated heterocycles. The third-order valence-electron chi connectivity index (χ3n) is 6.90. The molecular weight excluding hydrogens is 430 g/mol. The smallest absolute Gasteiger partial charge is 0.119 e. The highest BCUT2D eigenvalue weighted by Crippen LogP contribution is 2.23. The largest absolute Gasteiger partial charge is 0.497 e. The summed E-state index contributed by atoms with van der Waals surface area (Å²) in [4.78, 5) is 4.93. The Balaban J connectivity index is 0.000000464. The quantitative estimate of drug-likeness (QED) is 0.324. The molecule has 0 unspecified atom stereocenters. The van der Waals surface area contributed by atoms with Gasteiger partial charge in [0.05, 0.1) is 7.11 Å². The van der Waals surface area contributed by atoms with E-state index in [0.717, 1.165) is 44.4 Å². The molecule has 2 aliphatic rings. The van der Waals surface area contributed by atoms with Crippen molar-refractivity contribution < 1.29 is 4.74 Å². The highest BCUT2D eigenvalue weighted by molar-refractivity contribution is 5.49. The summed E-state index contributed by atoms with van der Waals surface area (Å²) in [6.45, 7) is 23.1. The number of hydrogen-bond donors (Lipinski definition) is 1. The van der Waals surface area contributed by atoms with Gasteiger partial charge in [-0.05, 0) is 88.5 Å². The molecule has 0 radical (unpaired) electrons. The Hall–Kier alpha value is -2.30. The topological polar surface area (TPSA) is 27.7 Å². The Morgan fingerprint density at radius 1 is 1.03 bits per heavy atom. The summed E-state index contributed by atoms with van der Waals surface area (Å²) in [7, 11) is 3.75. The van der Waals surface area contributed by atoms with E-state index in [4.69, 9.17) is 4.74 Å². The number of ether oxygens (including phenoxy) is 1.